The van der Waals surface area contributed by atoms with Crippen molar-refractivity contribution >= 4 is 33.3 Å². The van der Waals surface area contributed by atoms with Gasteiger partial charge in [0.2, 0.25) is 10.0 Å². The number of sulfonamides is 1. The third-order valence-corrected chi connectivity index (χ3v) is 6.71. The number of carbonyl (C=O) groups is 1. The molecule has 2 heterocycles. The Balaban J connectivity index is 1.72. The van der Waals surface area contributed by atoms with Crippen molar-refractivity contribution in [1.82, 2.24) is 14.1 Å². The summed E-state index contributed by atoms with van der Waals surface area (Å²) in [5.74, 6) is 0. The van der Waals surface area contributed by atoms with Gasteiger partial charge in [-0.25, -0.2) is 13.2 Å². The summed E-state index contributed by atoms with van der Waals surface area (Å²) in [6.07, 6.45) is 0. The molecule has 10 nitrogen and oxygen atoms in total. The Bertz CT molecular complexity index is 835. The molecule has 1 aromatic rings. The number of carbonyl (C=O) groups excluding carboxylic acids is 1. The smallest absolute Gasteiger partial charge is 0.320 e. The Hall–Kier alpha value is -1.95. The molecule has 0 radical (unpaired) electrons. The highest BCUT2D eigenvalue weighted by molar-refractivity contribution is 7.89. The molecule has 2 aliphatic heterocycles. The third kappa shape index (κ3) is 4.15. The number of halogens is 1. The zero-order valence-electron chi connectivity index (χ0n) is 14.4. The van der Waals surface area contributed by atoms with Crippen molar-refractivity contribution in [3.63, 3.8) is 0 Å². The van der Waals surface area contributed by atoms with Crippen molar-refractivity contribution in [2.24, 2.45) is 0 Å². The molecule has 0 saturated carbocycles. The fourth-order valence-corrected chi connectivity index (χ4v) is 4.79. The summed E-state index contributed by atoms with van der Waals surface area (Å²) in [6.45, 7) is 2.56. The first-order valence-electron chi connectivity index (χ1n) is 8.36. The van der Waals surface area contributed by atoms with Crippen LogP contribution in [0.5, 0.6) is 0 Å². The lowest BCUT2D eigenvalue weighted by Gasteiger charge is -2.37. The fraction of sp³-hybridized carbons (Fsp3) is 0.533. The number of rotatable bonds is 3. The number of morpholine rings is 1. The molecule has 3 rings (SSSR count). The summed E-state index contributed by atoms with van der Waals surface area (Å²) >= 11 is 5.75. The molecule has 0 unspecified atom stereocenters. The molecule has 12 heteroatoms. The van der Waals surface area contributed by atoms with Gasteiger partial charge in [-0.3, -0.25) is 10.1 Å². The Morgan fingerprint density at radius 1 is 1.07 bits per heavy atom. The van der Waals surface area contributed by atoms with Gasteiger partial charge in [0.1, 0.15) is 0 Å². The first kappa shape index (κ1) is 19.8. The summed E-state index contributed by atoms with van der Waals surface area (Å²) in [6, 6.07) is 3.32. The van der Waals surface area contributed by atoms with Crippen LogP contribution in [-0.2, 0) is 14.8 Å². The molecule has 1 aromatic carbocycles. The van der Waals surface area contributed by atoms with Crippen LogP contribution in [0.4, 0.5) is 10.5 Å². The minimum atomic E-state index is -4.07. The monoisotopic (exact) mass is 418 g/mol. The molecule has 2 aliphatic rings. The lowest BCUT2D eigenvalue weighted by Crippen LogP contribution is -2.55. The van der Waals surface area contributed by atoms with Crippen molar-refractivity contribution in [3.8, 4) is 0 Å². The average Bonchev–Trinajstić information content (AvgIpc) is 2.68. The van der Waals surface area contributed by atoms with Crippen molar-refractivity contribution < 1.29 is 22.9 Å². The maximum atomic E-state index is 12.9. The van der Waals surface area contributed by atoms with Gasteiger partial charge >= 0.3 is 6.03 Å². The Morgan fingerprint density at radius 2 is 1.67 bits per heavy atom. The fourth-order valence-electron chi connectivity index (χ4n) is 3.06. The summed E-state index contributed by atoms with van der Waals surface area (Å²) < 4.78 is 32.1. The number of amides is 2. The molecular weight excluding hydrogens is 400 g/mol. The molecular formula is C15H19ClN4O6S. The van der Waals surface area contributed by atoms with Crippen molar-refractivity contribution in [1.29, 1.82) is 0 Å². The molecule has 2 saturated heterocycles. The second-order valence-corrected chi connectivity index (χ2v) is 8.49. The van der Waals surface area contributed by atoms with Gasteiger partial charge in [0.25, 0.3) is 5.69 Å². The van der Waals surface area contributed by atoms with Crippen LogP contribution in [0.2, 0.25) is 5.02 Å². The van der Waals surface area contributed by atoms with E-state index in [-0.39, 0.29) is 37.2 Å². The second-order valence-electron chi connectivity index (χ2n) is 6.14. The number of urea groups is 1. The van der Waals surface area contributed by atoms with Crippen molar-refractivity contribution in [2.45, 2.75) is 4.90 Å². The lowest BCUT2D eigenvalue weighted by molar-refractivity contribution is -0.387. The van der Waals surface area contributed by atoms with E-state index in [4.69, 9.17) is 16.3 Å². The van der Waals surface area contributed by atoms with Crippen LogP contribution in [0.3, 0.4) is 0 Å². The van der Waals surface area contributed by atoms with Gasteiger partial charge in [-0.15, -0.1) is 0 Å². The quantitative estimate of drug-likeness (QED) is 0.534. The molecule has 2 amide bonds. The molecule has 0 aliphatic carbocycles. The van der Waals surface area contributed by atoms with Gasteiger partial charge in [0.15, 0.2) is 4.90 Å². The standard InChI is InChI=1S/C15H19ClN4O6S/c16-12-1-2-14(13(11-12)20(22)23)27(24,25)19-5-3-17(4-6-19)15(21)18-7-9-26-10-8-18/h1-2,11H,3-10H2. The molecule has 0 N–H and O–H groups in total. The third-order valence-electron chi connectivity index (χ3n) is 4.53. The molecule has 0 spiro atoms. The van der Waals surface area contributed by atoms with E-state index in [1.54, 1.807) is 9.80 Å². The highest BCUT2D eigenvalue weighted by Gasteiger charge is 2.35. The Kier molecular flexibility index (Phi) is 5.84. The van der Waals surface area contributed by atoms with E-state index in [0.717, 1.165) is 16.4 Å². The van der Waals surface area contributed by atoms with Gasteiger partial charge in [-0.2, -0.15) is 4.31 Å². The number of benzene rings is 1. The molecule has 0 atom stereocenters. The van der Waals surface area contributed by atoms with Crippen LogP contribution in [0, 0.1) is 10.1 Å². The highest BCUT2D eigenvalue weighted by atomic mass is 35.5. The minimum absolute atomic E-state index is 0.0677. The Morgan fingerprint density at radius 3 is 2.26 bits per heavy atom. The second kappa shape index (κ2) is 7.97. The van der Waals surface area contributed by atoms with Crippen LogP contribution in [0.25, 0.3) is 0 Å². The van der Waals surface area contributed by atoms with E-state index < -0.39 is 25.5 Å². The molecule has 148 valence electrons. The van der Waals surface area contributed by atoms with E-state index in [9.17, 15) is 23.3 Å². The van der Waals surface area contributed by atoms with Gasteiger partial charge in [-0.05, 0) is 12.1 Å². The number of hydrogen-bond acceptors (Lipinski definition) is 6. The molecule has 2 fully saturated rings. The number of ether oxygens (including phenoxy) is 1. The number of piperazine rings is 1. The maximum Gasteiger partial charge on any atom is 0.320 e. The van der Waals surface area contributed by atoms with Gasteiger partial charge < -0.3 is 14.5 Å². The largest absolute Gasteiger partial charge is 0.378 e. The Labute approximate surface area is 161 Å². The topological polar surface area (TPSA) is 113 Å². The summed E-state index contributed by atoms with van der Waals surface area (Å²) in [5, 5.41) is 11.3. The first-order chi connectivity index (χ1) is 12.8. The summed E-state index contributed by atoms with van der Waals surface area (Å²) in [7, 11) is -4.07. The molecule has 27 heavy (non-hydrogen) atoms. The number of nitro groups is 1. The van der Waals surface area contributed by atoms with Crippen molar-refractivity contribution in [3.05, 3.63) is 33.3 Å². The van der Waals surface area contributed by atoms with Crippen LogP contribution < -0.4 is 0 Å². The van der Waals surface area contributed by atoms with E-state index in [1.165, 1.54) is 6.07 Å². The minimum Gasteiger partial charge on any atom is -0.378 e. The molecule has 0 bridgehead atoms. The normalized spacial score (nSPS) is 19.1. The average molecular weight is 419 g/mol. The van der Waals surface area contributed by atoms with Crippen LogP contribution in [0.15, 0.2) is 23.1 Å². The number of hydrogen-bond donors (Lipinski definition) is 0. The number of nitro benzene ring substituents is 1. The lowest BCUT2D eigenvalue weighted by atomic mass is 10.3. The van der Waals surface area contributed by atoms with Gasteiger partial charge in [0.05, 0.1) is 18.1 Å². The van der Waals surface area contributed by atoms with E-state index in [2.05, 4.69) is 0 Å². The van der Waals surface area contributed by atoms with Gasteiger partial charge in [-0.1, -0.05) is 11.6 Å². The predicted octanol–water partition coefficient (Wildman–Crippen LogP) is 1.01. The van der Waals surface area contributed by atoms with Crippen LogP contribution >= 0.6 is 11.6 Å². The van der Waals surface area contributed by atoms with E-state index >= 15 is 0 Å². The van der Waals surface area contributed by atoms with E-state index in [1.807, 2.05) is 0 Å². The number of nitrogens with zero attached hydrogens (tertiary/aromatic N) is 4. The zero-order chi connectivity index (χ0) is 19.6. The maximum absolute atomic E-state index is 12.9. The SMILES string of the molecule is O=C(N1CCOCC1)N1CCN(S(=O)(=O)c2ccc(Cl)cc2[N+](=O)[O-])CC1. The summed E-state index contributed by atoms with van der Waals surface area (Å²) in [4.78, 5) is 25.8. The zero-order valence-corrected chi connectivity index (χ0v) is 16.0. The van der Waals surface area contributed by atoms with Crippen LogP contribution in [0.1, 0.15) is 0 Å². The van der Waals surface area contributed by atoms with Crippen LogP contribution in [-0.4, -0.2) is 86.0 Å². The highest BCUT2D eigenvalue weighted by Crippen LogP contribution is 2.30. The van der Waals surface area contributed by atoms with Crippen molar-refractivity contribution in [2.75, 3.05) is 52.5 Å². The first-order valence-corrected chi connectivity index (χ1v) is 10.2. The van der Waals surface area contributed by atoms with Gasteiger partial charge in [0, 0.05) is 50.4 Å². The molecule has 0 aromatic heterocycles. The summed E-state index contributed by atoms with van der Waals surface area (Å²) in [5.41, 5.74) is -0.561. The predicted molar refractivity (Wildman–Crippen MR) is 96.2 cm³/mol. The van der Waals surface area contributed by atoms with E-state index in [0.29, 0.717) is 26.3 Å².